The quantitative estimate of drug-likeness (QED) is 0.600. The van der Waals surface area contributed by atoms with Crippen LogP contribution in [0.15, 0.2) is 60.9 Å². The van der Waals surface area contributed by atoms with Gasteiger partial charge in [0.1, 0.15) is 11.9 Å². The van der Waals surface area contributed by atoms with Crippen molar-refractivity contribution in [3.63, 3.8) is 0 Å². The van der Waals surface area contributed by atoms with Gasteiger partial charge in [0, 0.05) is 32.4 Å². The number of hydrogen-bond donors (Lipinski definition) is 1. The van der Waals surface area contributed by atoms with E-state index >= 15 is 0 Å². The molecular formula is C24H24N4O3. The van der Waals surface area contributed by atoms with Gasteiger partial charge < -0.3 is 9.88 Å². The van der Waals surface area contributed by atoms with Gasteiger partial charge in [0.25, 0.3) is 11.8 Å². The van der Waals surface area contributed by atoms with Crippen molar-refractivity contribution in [2.45, 2.75) is 25.8 Å². The average molecular weight is 416 g/mol. The molecule has 0 unspecified atom stereocenters. The van der Waals surface area contributed by atoms with Gasteiger partial charge in [-0.3, -0.25) is 19.3 Å². The standard InChI is InChI=1S/C24H24N4O3/c1-16-10-11-18-19(15-16)24(31)28(23(18)30)13-6-9-20(29)26-21(17-7-4-3-5-8-17)22-25-12-14-27(22)2/h3-5,7-8,10-12,14-15,21H,6,9,13H2,1-2H3,(H,26,29)/t21-/m1/s1. The minimum atomic E-state index is -0.379. The maximum atomic E-state index is 12.7. The molecule has 7 nitrogen and oxygen atoms in total. The van der Waals surface area contributed by atoms with Gasteiger partial charge in [-0.1, -0.05) is 42.0 Å². The molecule has 1 aliphatic rings. The first-order valence-corrected chi connectivity index (χ1v) is 10.2. The van der Waals surface area contributed by atoms with E-state index in [1.54, 1.807) is 18.3 Å². The van der Waals surface area contributed by atoms with Crippen LogP contribution in [0.4, 0.5) is 0 Å². The van der Waals surface area contributed by atoms with E-state index in [1.165, 1.54) is 4.90 Å². The average Bonchev–Trinajstić information content (AvgIpc) is 3.29. The largest absolute Gasteiger partial charge is 0.342 e. The molecular weight excluding hydrogens is 392 g/mol. The fourth-order valence-corrected chi connectivity index (χ4v) is 3.84. The molecule has 0 bridgehead atoms. The second-order valence-electron chi connectivity index (χ2n) is 7.72. The Balaban J connectivity index is 1.39. The summed E-state index contributed by atoms with van der Waals surface area (Å²) in [6.07, 6.45) is 4.11. The number of amides is 3. The zero-order chi connectivity index (χ0) is 22.0. The van der Waals surface area contributed by atoms with E-state index < -0.39 is 0 Å². The maximum absolute atomic E-state index is 12.7. The van der Waals surface area contributed by atoms with Crippen molar-refractivity contribution in [2.75, 3.05) is 6.54 Å². The van der Waals surface area contributed by atoms with Crippen LogP contribution in [0.1, 0.15) is 56.6 Å². The molecule has 3 amide bonds. The highest BCUT2D eigenvalue weighted by atomic mass is 16.2. The first kappa shape index (κ1) is 20.5. The zero-order valence-electron chi connectivity index (χ0n) is 17.5. The molecule has 1 aliphatic heterocycles. The topological polar surface area (TPSA) is 84.3 Å². The Bertz CT molecular complexity index is 1140. The Morgan fingerprint density at radius 2 is 1.81 bits per heavy atom. The third-order valence-corrected chi connectivity index (χ3v) is 5.47. The Hall–Kier alpha value is -3.74. The summed E-state index contributed by atoms with van der Waals surface area (Å²) in [4.78, 5) is 43.4. The van der Waals surface area contributed by atoms with Crippen molar-refractivity contribution >= 4 is 17.7 Å². The van der Waals surface area contributed by atoms with Crippen molar-refractivity contribution in [2.24, 2.45) is 7.05 Å². The molecule has 7 heteroatoms. The fourth-order valence-electron chi connectivity index (χ4n) is 3.84. The second-order valence-corrected chi connectivity index (χ2v) is 7.72. The molecule has 3 aromatic rings. The van der Waals surface area contributed by atoms with Crippen LogP contribution in [0.5, 0.6) is 0 Å². The summed E-state index contributed by atoms with van der Waals surface area (Å²) >= 11 is 0. The van der Waals surface area contributed by atoms with E-state index in [2.05, 4.69) is 10.3 Å². The van der Waals surface area contributed by atoms with Crippen LogP contribution in [-0.4, -0.2) is 38.7 Å². The Morgan fingerprint density at radius 3 is 2.52 bits per heavy atom. The number of rotatable bonds is 7. The highest BCUT2D eigenvalue weighted by Gasteiger charge is 2.35. The minimum Gasteiger partial charge on any atom is -0.342 e. The lowest BCUT2D eigenvalue weighted by Gasteiger charge is -2.19. The zero-order valence-corrected chi connectivity index (χ0v) is 17.5. The number of hydrogen-bond acceptors (Lipinski definition) is 4. The monoisotopic (exact) mass is 416 g/mol. The molecule has 31 heavy (non-hydrogen) atoms. The number of nitrogens with one attached hydrogen (secondary N) is 1. The number of aromatic nitrogens is 2. The van der Waals surface area contributed by atoms with E-state index in [1.807, 2.05) is 61.1 Å². The van der Waals surface area contributed by atoms with Crippen LogP contribution in [-0.2, 0) is 11.8 Å². The molecule has 1 N–H and O–H groups in total. The molecule has 4 rings (SSSR count). The molecule has 0 radical (unpaired) electrons. The van der Waals surface area contributed by atoms with Crippen molar-refractivity contribution in [3.8, 4) is 0 Å². The van der Waals surface area contributed by atoms with E-state index in [-0.39, 0.29) is 36.7 Å². The number of carbonyl (C=O) groups is 3. The van der Waals surface area contributed by atoms with Crippen LogP contribution in [0.2, 0.25) is 0 Å². The normalized spacial score (nSPS) is 13.9. The molecule has 0 saturated carbocycles. The third kappa shape index (κ3) is 4.12. The molecule has 0 saturated heterocycles. The van der Waals surface area contributed by atoms with Crippen molar-refractivity contribution < 1.29 is 14.4 Å². The summed E-state index contributed by atoms with van der Waals surface area (Å²) in [5, 5.41) is 3.04. The van der Waals surface area contributed by atoms with Gasteiger partial charge in [-0.2, -0.15) is 0 Å². The summed E-state index contributed by atoms with van der Waals surface area (Å²) < 4.78 is 1.87. The van der Waals surface area contributed by atoms with Crippen LogP contribution >= 0.6 is 0 Å². The molecule has 2 aromatic carbocycles. The Kier molecular flexibility index (Phi) is 5.66. The number of imidazole rings is 1. The number of nitrogens with zero attached hydrogens (tertiary/aromatic N) is 3. The van der Waals surface area contributed by atoms with Crippen molar-refractivity contribution in [1.82, 2.24) is 19.8 Å². The lowest BCUT2D eigenvalue weighted by Crippen LogP contribution is -2.33. The summed E-state index contributed by atoms with van der Waals surface area (Å²) in [7, 11) is 1.88. The van der Waals surface area contributed by atoms with Crippen LogP contribution in [0.3, 0.4) is 0 Å². The minimum absolute atomic E-state index is 0.163. The number of benzene rings is 2. The fraction of sp³-hybridized carbons (Fsp3) is 0.250. The molecule has 0 fully saturated rings. The summed E-state index contributed by atoms with van der Waals surface area (Å²) in [6, 6.07) is 14.5. The number of imide groups is 1. The summed E-state index contributed by atoms with van der Waals surface area (Å²) in [5.41, 5.74) is 2.73. The van der Waals surface area contributed by atoms with Crippen LogP contribution < -0.4 is 5.32 Å². The van der Waals surface area contributed by atoms with Gasteiger partial charge in [0.2, 0.25) is 5.91 Å². The van der Waals surface area contributed by atoms with E-state index in [4.69, 9.17) is 0 Å². The van der Waals surface area contributed by atoms with E-state index in [0.29, 0.717) is 17.5 Å². The molecule has 0 spiro atoms. The van der Waals surface area contributed by atoms with E-state index in [0.717, 1.165) is 17.0 Å². The molecule has 158 valence electrons. The number of aryl methyl sites for hydroxylation is 2. The number of carbonyl (C=O) groups excluding carboxylic acids is 3. The van der Waals surface area contributed by atoms with Crippen molar-refractivity contribution in [1.29, 1.82) is 0 Å². The molecule has 1 aromatic heterocycles. The van der Waals surface area contributed by atoms with Gasteiger partial charge >= 0.3 is 0 Å². The lowest BCUT2D eigenvalue weighted by atomic mass is 10.1. The highest BCUT2D eigenvalue weighted by Crippen LogP contribution is 2.24. The van der Waals surface area contributed by atoms with Crippen LogP contribution in [0.25, 0.3) is 0 Å². The maximum Gasteiger partial charge on any atom is 0.261 e. The summed E-state index contributed by atoms with van der Waals surface area (Å²) in [5.74, 6) is -0.0190. The lowest BCUT2D eigenvalue weighted by molar-refractivity contribution is -0.121. The molecule has 1 atom stereocenters. The summed E-state index contributed by atoms with van der Waals surface area (Å²) in [6.45, 7) is 2.09. The van der Waals surface area contributed by atoms with Crippen LogP contribution in [0, 0.1) is 6.92 Å². The van der Waals surface area contributed by atoms with Gasteiger partial charge in [-0.25, -0.2) is 4.98 Å². The third-order valence-electron chi connectivity index (χ3n) is 5.47. The van der Waals surface area contributed by atoms with Crippen molar-refractivity contribution in [3.05, 3.63) is 89.0 Å². The highest BCUT2D eigenvalue weighted by molar-refractivity contribution is 6.21. The Morgan fingerprint density at radius 1 is 1.06 bits per heavy atom. The van der Waals surface area contributed by atoms with E-state index in [9.17, 15) is 14.4 Å². The first-order chi connectivity index (χ1) is 15.0. The second kappa shape index (κ2) is 8.55. The molecule has 2 heterocycles. The number of fused-ring (bicyclic) bond motifs is 1. The first-order valence-electron chi connectivity index (χ1n) is 10.2. The van der Waals surface area contributed by atoms with Gasteiger partial charge in [0.05, 0.1) is 11.1 Å². The van der Waals surface area contributed by atoms with Gasteiger partial charge in [0.15, 0.2) is 0 Å². The van der Waals surface area contributed by atoms with Gasteiger partial charge in [-0.05, 0) is 31.0 Å². The predicted molar refractivity (Wildman–Crippen MR) is 115 cm³/mol. The molecule has 0 aliphatic carbocycles. The smallest absolute Gasteiger partial charge is 0.261 e. The Labute approximate surface area is 180 Å². The predicted octanol–water partition coefficient (Wildman–Crippen LogP) is 3.01. The SMILES string of the molecule is Cc1ccc2c(c1)C(=O)N(CCCC(=O)N[C@H](c1ccccc1)c1nccn1C)C2=O. The van der Waals surface area contributed by atoms with Gasteiger partial charge in [-0.15, -0.1) is 0 Å².